The molecule has 0 bridgehead atoms. The molecule has 0 fully saturated rings. The minimum absolute atomic E-state index is 0.176. The van der Waals surface area contributed by atoms with Crippen LogP contribution in [0, 0.1) is 13.8 Å². The largest absolute Gasteiger partial charge is 0.442 e. The van der Waals surface area contributed by atoms with Crippen LogP contribution in [-0.4, -0.2) is 15.5 Å². The van der Waals surface area contributed by atoms with Crippen molar-refractivity contribution in [3.8, 4) is 0 Å². The smallest absolute Gasteiger partial charge is 0.265 e. The van der Waals surface area contributed by atoms with Crippen LogP contribution in [0.5, 0.6) is 0 Å². The first kappa shape index (κ1) is 14.1. The van der Waals surface area contributed by atoms with Crippen molar-refractivity contribution < 1.29 is 9.21 Å². The lowest BCUT2D eigenvalue weighted by Gasteiger charge is -2.05. The van der Waals surface area contributed by atoms with Crippen LogP contribution >= 0.6 is 0 Å². The number of furan rings is 1. The lowest BCUT2D eigenvalue weighted by molar-refractivity contribution is 0.102. The second kappa shape index (κ2) is 5.14. The Labute approximate surface area is 126 Å². The van der Waals surface area contributed by atoms with Gasteiger partial charge in [0.25, 0.3) is 11.5 Å². The van der Waals surface area contributed by atoms with Crippen LogP contribution in [0.15, 0.2) is 39.8 Å². The fourth-order valence-corrected chi connectivity index (χ4v) is 2.29. The van der Waals surface area contributed by atoms with Gasteiger partial charge in [0.15, 0.2) is 0 Å². The molecule has 0 aliphatic heterocycles. The summed E-state index contributed by atoms with van der Waals surface area (Å²) in [5.41, 5.74) is 1.85. The minimum Gasteiger partial charge on any atom is -0.442 e. The maximum Gasteiger partial charge on any atom is 0.265 e. The highest BCUT2D eigenvalue weighted by molar-refractivity contribution is 6.12. The molecule has 0 atom stereocenters. The van der Waals surface area contributed by atoms with Gasteiger partial charge >= 0.3 is 0 Å². The molecule has 2 aromatic heterocycles. The summed E-state index contributed by atoms with van der Waals surface area (Å²) in [5, 5.41) is 2.98. The number of fused-ring (bicyclic) bond motifs is 1. The van der Waals surface area contributed by atoms with E-state index in [1.807, 2.05) is 19.1 Å². The first-order valence-electron chi connectivity index (χ1n) is 6.80. The molecule has 3 aromatic rings. The van der Waals surface area contributed by atoms with Gasteiger partial charge in [-0.1, -0.05) is 17.7 Å². The van der Waals surface area contributed by atoms with Crippen molar-refractivity contribution in [1.29, 1.82) is 0 Å². The Morgan fingerprint density at radius 1 is 1.23 bits per heavy atom. The van der Waals surface area contributed by atoms with Gasteiger partial charge in [0.05, 0.1) is 5.56 Å². The van der Waals surface area contributed by atoms with Crippen molar-refractivity contribution in [2.24, 2.45) is 7.05 Å². The Kier molecular flexibility index (Phi) is 3.29. The van der Waals surface area contributed by atoms with Crippen LogP contribution in [0.25, 0.3) is 11.1 Å². The quantitative estimate of drug-likeness (QED) is 0.788. The highest BCUT2D eigenvalue weighted by atomic mass is 16.3. The van der Waals surface area contributed by atoms with E-state index < -0.39 is 0 Å². The van der Waals surface area contributed by atoms with Crippen LogP contribution < -0.4 is 10.9 Å². The Morgan fingerprint density at radius 2 is 1.91 bits per heavy atom. The highest BCUT2D eigenvalue weighted by Gasteiger charge is 2.22. The number of hydrogen-bond acceptors (Lipinski definition) is 4. The number of aryl methyl sites for hydroxylation is 3. The average molecular weight is 297 g/mol. The molecule has 0 spiro atoms. The van der Waals surface area contributed by atoms with Crippen LogP contribution in [-0.2, 0) is 7.05 Å². The fraction of sp³-hybridized carbons (Fsp3) is 0.188. The molecular formula is C16H15N3O3. The number of rotatable bonds is 2. The zero-order chi connectivity index (χ0) is 15.9. The van der Waals surface area contributed by atoms with Crippen molar-refractivity contribution in [2.45, 2.75) is 13.8 Å². The van der Waals surface area contributed by atoms with E-state index in [0.29, 0.717) is 11.4 Å². The second-order valence-corrected chi connectivity index (χ2v) is 5.19. The predicted molar refractivity (Wildman–Crippen MR) is 83.1 cm³/mol. The van der Waals surface area contributed by atoms with Gasteiger partial charge in [-0.25, -0.2) is 4.98 Å². The summed E-state index contributed by atoms with van der Waals surface area (Å²) in [6.07, 6.45) is 1.37. The van der Waals surface area contributed by atoms with Gasteiger partial charge in [-0.15, -0.1) is 0 Å². The first-order chi connectivity index (χ1) is 10.5. The molecule has 1 aromatic carbocycles. The number of nitrogens with zero attached hydrogens (tertiary/aromatic N) is 2. The number of anilines is 1. The molecule has 6 heteroatoms. The summed E-state index contributed by atoms with van der Waals surface area (Å²) in [6, 6.07) is 7.41. The molecule has 0 aliphatic carbocycles. The zero-order valence-corrected chi connectivity index (χ0v) is 12.5. The molecule has 22 heavy (non-hydrogen) atoms. The summed E-state index contributed by atoms with van der Waals surface area (Å²) >= 11 is 0. The third kappa shape index (κ3) is 2.28. The molecule has 0 aliphatic rings. The van der Waals surface area contributed by atoms with E-state index in [4.69, 9.17) is 4.42 Å². The molecular weight excluding hydrogens is 282 g/mol. The van der Waals surface area contributed by atoms with Crippen LogP contribution in [0.1, 0.15) is 21.7 Å². The monoisotopic (exact) mass is 297 g/mol. The molecule has 2 heterocycles. The highest BCUT2D eigenvalue weighted by Crippen LogP contribution is 2.22. The molecule has 0 saturated heterocycles. The van der Waals surface area contributed by atoms with Gasteiger partial charge in [0, 0.05) is 12.7 Å². The standard InChI is InChI=1S/C16H15N3O3/c1-9-4-6-11(7-5-9)18-14(20)12-10(2)22-15-13(12)16(21)19(3)8-17-15/h4-8H,1-3H3,(H,18,20). The van der Waals surface area contributed by atoms with Crippen molar-refractivity contribution in [3.05, 3.63) is 57.8 Å². The molecule has 0 unspecified atom stereocenters. The Morgan fingerprint density at radius 3 is 2.59 bits per heavy atom. The SMILES string of the molecule is Cc1ccc(NC(=O)c2c(C)oc3ncn(C)c(=O)c23)cc1. The Balaban J connectivity index is 2.07. The van der Waals surface area contributed by atoms with Gasteiger partial charge in [0.1, 0.15) is 17.5 Å². The van der Waals surface area contributed by atoms with Gasteiger partial charge < -0.3 is 14.3 Å². The minimum atomic E-state index is -0.384. The molecule has 3 rings (SSSR count). The molecule has 0 saturated carbocycles. The Hall–Kier alpha value is -2.89. The van der Waals surface area contributed by atoms with Gasteiger partial charge in [-0.2, -0.15) is 0 Å². The van der Waals surface area contributed by atoms with Gasteiger partial charge in [-0.05, 0) is 26.0 Å². The molecule has 1 N–H and O–H groups in total. The zero-order valence-electron chi connectivity index (χ0n) is 12.5. The molecule has 1 amide bonds. The lowest BCUT2D eigenvalue weighted by Crippen LogP contribution is -2.20. The summed E-state index contributed by atoms with van der Waals surface area (Å²) in [4.78, 5) is 28.8. The maximum atomic E-state index is 12.5. The van der Waals surface area contributed by atoms with E-state index >= 15 is 0 Å². The number of amides is 1. The summed E-state index contributed by atoms with van der Waals surface area (Å²) in [7, 11) is 1.58. The molecule has 0 radical (unpaired) electrons. The predicted octanol–water partition coefficient (Wildman–Crippen LogP) is 2.40. The van der Waals surface area contributed by atoms with E-state index in [1.165, 1.54) is 10.9 Å². The maximum absolute atomic E-state index is 12.5. The second-order valence-electron chi connectivity index (χ2n) is 5.19. The van der Waals surface area contributed by atoms with Crippen molar-refractivity contribution in [2.75, 3.05) is 5.32 Å². The average Bonchev–Trinajstić information content (AvgIpc) is 2.82. The molecule has 112 valence electrons. The summed E-state index contributed by atoms with van der Waals surface area (Å²) in [6.45, 7) is 3.61. The third-order valence-corrected chi connectivity index (χ3v) is 3.48. The fourth-order valence-electron chi connectivity index (χ4n) is 2.29. The number of hydrogen-bond donors (Lipinski definition) is 1. The van der Waals surface area contributed by atoms with E-state index in [2.05, 4.69) is 10.3 Å². The van der Waals surface area contributed by atoms with Gasteiger partial charge in [-0.3, -0.25) is 9.59 Å². The number of benzene rings is 1. The third-order valence-electron chi connectivity index (χ3n) is 3.48. The Bertz CT molecular complexity index is 920. The van der Waals surface area contributed by atoms with E-state index in [-0.39, 0.29) is 28.1 Å². The number of carbonyl (C=O) groups is 1. The van der Waals surface area contributed by atoms with E-state index in [1.54, 1.807) is 26.1 Å². The van der Waals surface area contributed by atoms with E-state index in [9.17, 15) is 9.59 Å². The first-order valence-corrected chi connectivity index (χ1v) is 6.80. The van der Waals surface area contributed by atoms with E-state index in [0.717, 1.165) is 5.56 Å². The van der Waals surface area contributed by atoms with Crippen molar-refractivity contribution in [3.63, 3.8) is 0 Å². The number of carbonyl (C=O) groups excluding carboxylic acids is 1. The number of nitrogens with one attached hydrogen (secondary N) is 1. The topological polar surface area (TPSA) is 77.1 Å². The van der Waals surface area contributed by atoms with Crippen molar-refractivity contribution >= 4 is 22.7 Å². The summed E-state index contributed by atoms with van der Waals surface area (Å²) < 4.78 is 6.75. The number of aromatic nitrogens is 2. The lowest BCUT2D eigenvalue weighted by atomic mass is 10.1. The van der Waals surface area contributed by atoms with Crippen LogP contribution in [0.4, 0.5) is 5.69 Å². The normalized spacial score (nSPS) is 10.9. The van der Waals surface area contributed by atoms with Crippen molar-refractivity contribution in [1.82, 2.24) is 9.55 Å². The van der Waals surface area contributed by atoms with Crippen LogP contribution in [0.3, 0.4) is 0 Å². The summed E-state index contributed by atoms with van der Waals surface area (Å²) in [5.74, 6) is -0.0133. The molecule has 6 nitrogen and oxygen atoms in total. The van der Waals surface area contributed by atoms with Gasteiger partial charge in [0.2, 0.25) is 5.71 Å². The van der Waals surface area contributed by atoms with Crippen LogP contribution in [0.2, 0.25) is 0 Å².